The molecular weight excluding hydrogens is 411 g/mol. The molecule has 2 rings (SSSR count). The Kier molecular flexibility index (Phi) is 9.82. The first-order chi connectivity index (χ1) is 11.2. The van der Waals surface area contributed by atoms with E-state index >= 15 is 0 Å². The molecule has 0 bridgehead atoms. The van der Waals surface area contributed by atoms with E-state index in [0.29, 0.717) is 11.5 Å². The maximum atomic E-state index is 12.3. The molecule has 0 spiro atoms. The number of rotatable bonds is 6. The Morgan fingerprint density at radius 1 is 0.808 bits per heavy atom. The highest BCUT2D eigenvalue weighted by molar-refractivity contribution is 8.01. The van der Waals surface area contributed by atoms with Gasteiger partial charge in [-0.25, -0.2) is 18.3 Å². The highest BCUT2D eigenvalue weighted by atomic mass is 35.5. The van der Waals surface area contributed by atoms with Gasteiger partial charge in [-0.05, 0) is 23.5 Å². The first-order valence-electron chi connectivity index (χ1n) is 7.97. The zero-order valence-corrected chi connectivity index (χ0v) is 19.8. The van der Waals surface area contributed by atoms with Gasteiger partial charge in [0.1, 0.15) is 22.8 Å². The summed E-state index contributed by atoms with van der Waals surface area (Å²) in [5.74, 6) is 1.27. The second-order valence-electron chi connectivity index (χ2n) is 6.26. The number of ketones is 1. The summed E-state index contributed by atoms with van der Waals surface area (Å²) in [6.07, 6.45) is 0. The first kappa shape index (κ1) is 25.4. The smallest absolute Gasteiger partial charge is 0.318 e. The van der Waals surface area contributed by atoms with Crippen molar-refractivity contribution in [1.82, 2.24) is 9.13 Å². The third-order valence-electron chi connectivity index (χ3n) is 4.93. The zero-order chi connectivity index (χ0) is 18.2. The van der Waals surface area contributed by atoms with Crippen LogP contribution >= 0.6 is 23.5 Å². The van der Waals surface area contributed by atoms with Crippen LogP contribution in [0, 0.1) is 27.7 Å². The van der Waals surface area contributed by atoms with Crippen molar-refractivity contribution in [2.75, 3.05) is 11.5 Å². The summed E-state index contributed by atoms with van der Waals surface area (Å²) in [5.41, 5.74) is 4.96. The van der Waals surface area contributed by atoms with Gasteiger partial charge in [-0.15, -0.1) is 0 Å². The van der Waals surface area contributed by atoms with E-state index in [1.165, 1.54) is 22.8 Å². The summed E-state index contributed by atoms with van der Waals surface area (Å²) in [7, 11) is 8.22. The van der Waals surface area contributed by atoms with Crippen molar-refractivity contribution in [2.24, 2.45) is 28.2 Å². The molecule has 0 radical (unpaired) electrons. The summed E-state index contributed by atoms with van der Waals surface area (Å²) in [4.78, 5) is 12.3. The fraction of sp³-hybridized carbons (Fsp3) is 0.588. The lowest BCUT2D eigenvalue weighted by atomic mass is 10.4. The molecule has 5 nitrogen and oxygen atoms in total. The number of hydrogen-bond acceptors (Lipinski definition) is 3. The second kappa shape index (κ2) is 10.1. The molecule has 0 amide bonds. The third-order valence-corrected chi connectivity index (χ3v) is 7.48. The van der Waals surface area contributed by atoms with Gasteiger partial charge in [0.15, 0.2) is 5.78 Å². The number of aromatic nitrogens is 4. The van der Waals surface area contributed by atoms with Crippen LogP contribution in [0.3, 0.4) is 0 Å². The van der Waals surface area contributed by atoms with Crippen molar-refractivity contribution in [3.63, 3.8) is 0 Å². The van der Waals surface area contributed by atoms with Gasteiger partial charge in [-0.3, -0.25) is 4.79 Å². The Hall–Kier alpha value is -0.630. The van der Waals surface area contributed by atoms with E-state index in [1.807, 2.05) is 0 Å². The molecule has 0 N–H and O–H groups in total. The number of Topliss-reactive ketones (excluding diaryl/α,β-unsaturated/α-hetero) is 1. The lowest BCUT2D eigenvalue weighted by Gasteiger charge is -2.00. The Bertz CT molecular complexity index is 685. The molecule has 2 aromatic heterocycles. The minimum Gasteiger partial charge on any atom is -1.00 e. The normalized spacial score (nSPS) is 10.5. The average molecular weight is 439 g/mol. The summed E-state index contributed by atoms with van der Waals surface area (Å²) in [5, 5.41) is 2.25. The fourth-order valence-electron chi connectivity index (χ4n) is 2.71. The summed E-state index contributed by atoms with van der Waals surface area (Å²) < 4.78 is 8.63. The van der Waals surface area contributed by atoms with E-state index < -0.39 is 0 Å². The maximum absolute atomic E-state index is 12.3. The van der Waals surface area contributed by atoms with E-state index in [0.717, 1.165) is 10.3 Å². The van der Waals surface area contributed by atoms with Crippen molar-refractivity contribution >= 4 is 29.3 Å². The predicted octanol–water partition coefficient (Wildman–Crippen LogP) is -4.29. The zero-order valence-electron chi connectivity index (χ0n) is 16.7. The van der Waals surface area contributed by atoms with Crippen LogP contribution in [0.1, 0.15) is 22.8 Å². The van der Waals surface area contributed by atoms with Crippen LogP contribution in [0.25, 0.3) is 0 Å². The minimum absolute atomic E-state index is 0. The summed E-state index contributed by atoms with van der Waals surface area (Å²) in [6.45, 7) is 8.43. The molecule has 0 fully saturated rings. The Morgan fingerprint density at radius 3 is 1.35 bits per heavy atom. The Balaban J connectivity index is 0.00000312. The van der Waals surface area contributed by atoms with Gasteiger partial charge in [0.2, 0.25) is 0 Å². The molecule has 0 aliphatic heterocycles. The molecule has 9 heteroatoms. The highest BCUT2D eigenvalue weighted by Crippen LogP contribution is 2.21. The molecule has 0 unspecified atom stereocenters. The van der Waals surface area contributed by atoms with Crippen LogP contribution in [0.15, 0.2) is 10.3 Å². The van der Waals surface area contributed by atoms with E-state index in [1.54, 1.807) is 23.5 Å². The van der Waals surface area contributed by atoms with Gasteiger partial charge in [-0.1, -0.05) is 0 Å². The molecule has 0 atom stereocenters. The van der Waals surface area contributed by atoms with Crippen LogP contribution in [-0.4, -0.2) is 26.4 Å². The third kappa shape index (κ3) is 4.80. The molecule has 0 aliphatic rings. The second-order valence-corrected chi connectivity index (χ2v) is 8.14. The van der Waals surface area contributed by atoms with Crippen molar-refractivity contribution in [3.8, 4) is 0 Å². The van der Waals surface area contributed by atoms with E-state index in [9.17, 15) is 4.79 Å². The number of thioether (sulfide) groups is 2. The SMILES string of the molecule is Cc1c(C)[n+](C)c(SCC(=O)CSc2n(C)c(C)c(C)[n+]2C)n1C.[Cl-].[Cl-]. The molecule has 2 aromatic rings. The van der Waals surface area contributed by atoms with Crippen molar-refractivity contribution in [2.45, 2.75) is 38.0 Å². The lowest BCUT2D eigenvalue weighted by Crippen LogP contribution is -3.00. The average Bonchev–Trinajstić information content (AvgIpc) is 2.85. The predicted molar refractivity (Wildman–Crippen MR) is 98.6 cm³/mol. The number of carbonyl (C=O) groups is 1. The van der Waals surface area contributed by atoms with Gasteiger partial charge < -0.3 is 24.8 Å². The van der Waals surface area contributed by atoms with Gasteiger partial charge in [0, 0.05) is 27.7 Å². The van der Waals surface area contributed by atoms with Crippen LogP contribution in [0.5, 0.6) is 0 Å². The van der Waals surface area contributed by atoms with Gasteiger partial charge in [0.25, 0.3) is 0 Å². The fourth-order valence-corrected chi connectivity index (χ4v) is 4.95. The Labute approximate surface area is 177 Å². The number of carbonyl (C=O) groups excluding carboxylic acids is 1. The molecule has 0 aliphatic carbocycles. The molecular formula is C17H28Cl2N4OS2. The van der Waals surface area contributed by atoms with Crippen LogP contribution in [0.4, 0.5) is 0 Å². The van der Waals surface area contributed by atoms with Gasteiger partial charge >= 0.3 is 10.3 Å². The van der Waals surface area contributed by atoms with Crippen molar-refractivity contribution in [3.05, 3.63) is 22.8 Å². The standard InChI is InChI=1S/C17H28N4OS2.2ClH/c1-11-12(2)19(6)16(18(11)5)23-9-15(22)10-24-17-20(7)13(3)14(4)21(17)8;;/h9-10H2,1-8H3;2*1H/q+2;;/p-2. The number of halogens is 2. The van der Waals surface area contributed by atoms with Gasteiger partial charge in [0.05, 0.1) is 39.7 Å². The molecule has 2 heterocycles. The molecule has 26 heavy (non-hydrogen) atoms. The number of nitrogens with zero attached hydrogens (tertiary/aromatic N) is 4. The summed E-state index contributed by atoms with van der Waals surface area (Å²) >= 11 is 3.24. The van der Waals surface area contributed by atoms with Crippen LogP contribution in [0.2, 0.25) is 0 Å². The van der Waals surface area contributed by atoms with E-state index in [-0.39, 0.29) is 30.6 Å². The first-order valence-corrected chi connectivity index (χ1v) is 9.95. The van der Waals surface area contributed by atoms with Gasteiger partial charge in [-0.2, -0.15) is 0 Å². The quantitative estimate of drug-likeness (QED) is 0.338. The van der Waals surface area contributed by atoms with Crippen LogP contribution < -0.4 is 33.9 Å². The molecule has 148 valence electrons. The lowest BCUT2D eigenvalue weighted by molar-refractivity contribution is -0.715. The number of imidazole rings is 2. The Morgan fingerprint density at radius 2 is 1.12 bits per heavy atom. The minimum atomic E-state index is 0. The monoisotopic (exact) mass is 438 g/mol. The maximum Gasteiger partial charge on any atom is 0.318 e. The van der Waals surface area contributed by atoms with Crippen molar-refractivity contribution in [1.29, 1.82) is 0 Å². The topological polar surface area (TPSA) is 34.7 Å². The molecule has 0 aromatic carbocycles. The largest absolute Gasteiger partial charge is 1.00 e. The van der Waals surface area contributed by atoms with E-state index in [4.69, 9.17) is 0 Å². The van der Waals surface area contributed by atoms with Crippen molar-refractivity contribution < 1.29 is 38.7 Å². The van der Waals surface area contributed by atoms with E-state index in [2.05, 4.69) is 74.2 Å². The van der Waals surface area contributed by atoms with Crippen LogP contribution in [-0.2, 0) is 33.0 Å². The highest BCUT2D eigenvalue weighted by Gasteiger charge is 2.24. The summed E-state index contributed by atoms with van der Waals surface area (Å²) in [6, 6.07) is 0. The molecule has 0 saturated carbocycles. The molecule has 0 saturated heterocycles. The number of hydrogen-bond donors (Lipinski definition) is 0.